The van der Waals surface area contributed by atoms with Crippen molar-refractivity contribution in [3.05, 3.63) is 65.5 Å². The summed E-state index contributed by atoms with van der Waals surface area (Å²) in [6, 6.07) is 14.6. The number of nitrogens with one attached hydrogen (secondary N) is 1. The maximum atomic E-state index is 12.3. The number of fused-ring (bicyclic) bond motifs is 1. The van der Waals surface area contributed by atoms with E-state index in [-0.39, 0.29) is 6.03 Å². The number of aromatic nitrogens is 1. The fraction of sp³-hybridized carbons (Fsp3) is 0.400. The minimum atomic E-state index is -0.0603. The van der Waals surface area contributed by atoms with Gasteiger partial charge in [-0.15, -0.1) is 0 Å². The van der Waals surface area contributed by atoms with Crippen molar-refractivity contribution in [3.63, 3.8) is 0 Å². The number of carbonyl (C=O) groups is 1. The highest BCUT2D eigenvalue weighted by Gasteiger charge is 2.21. The van der Waals surface area contributed by atoms with Crippen LogP contribution >= 0.6 is 0 Å². The standard InChI is InChI=1S/C20H26N4O/c1-16(24-12-10-17-7-3-4-8-18(17)14-24)13-22-20(25)23(2)15-19-9-5-6-11-21-19/h3-9,11,16H,10,12-15H2,1-2H3,(H,22,25). The molecule has 0 bridgehead atoms. The molecule has 132 valence electrons. The number of pyridine rings is 1. The van der Waals surface area contributed by atoms with Gasteiger partial charge >= 0.3 is 6.03 Å². The average molecular weight is 338 g/mol. The summed E-state index contributed by atoms with van der Waals surface area (Å²) in [5, 5.41) is 3.04. The maximum absolute atomic E-state index is 12.3. The molecule has 1 unspecified atom stereocenters. The molecule has 0 aliphatic carbocycles. The lowest BCUT2D eigenvalue weighted by Gasteiger charge is -2.34. The van der Waals surface area contributed by atoms with Crippen molar-refractivity contribution in [2.75, 3.05) is 20.1 Å². The topological polar surface area (TPSA) is 48.5 Å². The van der Waals surface area contributed by atoms with E-state index in [1.54, 1.807) is 18.1 Å². The Kier molecular flexibility index (Phi) is 5.66. The van der Waals surface area contributed by atoms with E-state index in [4.69, 9.17) is 0 Å². The van der Waals surface area contributed by atoms with E-state index in [0.717, 1.165) is 25.2 Å². The molecule has 2 amide bonds. The summed E-state index contributed by atoms with van der Waals surface area (Å²) in [6.45, 7) is 5.33. The Labute approximate surface area is 149 Å². The van der Waals surface area contributed by atoms with Crippen LogP contribution in [0.5, 0.6) is 0 Å². The molecule has 1 aliphatic rings. The van der Waals surface area contributed by atoms with E-state index >= 15 is 0 Å². The molecule has 0 fully saturated rings. The monoisotopic (exact) mass is 338 g/mol. The van der Waals surface area contributed by atoms with Crippen LogP contribution in [0.3, 0.4) is 0 Å². The van der Waals surface area contributed by atoms with Crippen molar-refractivity contribution in [1.29, 1.82) is 0 Å². The van der Waals surface area contributed by atoms with Crippen LogP contribution in [-0.4, -0.2) is 47.0 Å². The van der Waals surface area contributed by atoms with Crippen molar-refractivity contribution in [3.8, 4) is 0 Å². The zero-order valence-electron chi connectivity index (χ0n) is 15.0. The van der Waals surface area contributed by atoms with Gasteiger partial charge in [0, 0.05) is 38.9 Å². The fourth-order valence-corrected chi connectivity index (χ4v) is 3.20. The van der Waals surface area contributed by atoms with E-state index in [9.17, 15) is 4.79 Å². The second kappa shape index (κ2) is 8.12. The minimum absolute atomic E-state index is 0.0603. The Morgan fingerprint density at radius 3 is 2.76 bits per heavy atom. The van der Waals surface area contributed by atoms with Gasteiger partial charge in [0.15, 0.2) is 0 Å². The number of rotatable bonds is 5. The predicted molar refractivity (Wildman–Crippen MR) is 99.1 cm³/mol. The van der Waals surface area contributed by atoms with Crippen molar-refractivity contribution >= 4 is 6.03 Å². The molecule has 0 saturated carbocycles. The van der Waals surface area contributed by atoms with E-state index in [2.05, 4.69) is 46.4 Å². The molecule has 0 radical (unpaired) electrons. The van der Waals surface area contributed by atoms with Crippen molar-refractivity contribution in [1.82, 2.24) is 20.1 Å². The smallest absolute Gasteiger partial charge is 0.317 e. The second-order valence-electron chi connectivity index (χ2n) is 6.70. The Morgan fingerprint density at radius 2 is 2.00 bits per heavy atom. The maximum Gasteiger partial charge on any atom is 0.317 e. The van der Waals surface area contributed by atoms with Crippen LogP contribution in [0.1, 0.15) is 23.7 Å². The number of urea groups is 1. The molecule has 0 saturated heterocycles. The van der Waals surface area contributed by atoms with Gasteiger partial charge in [-0.05, 0) is 36.6 Å². The van der Waals surface area contributed by atoms with E-state index in [1.165, 1.54) is 11.1 Å². The first-order valence-corrected chi connectivity index (χ1v) is 8.83. The first-order chi connectivity index (χ1) is 12.1. The summed E-state index contributed by atoms with van der Waals surface area (Å²) in [4.78, 5) is 20.7. The van der Waals surface area contributed by atoms with Crippen LogP contribution in [0.2, 0.25) is 0 Å². The Morgan fingerprint density at radius 1 is 1.24 bits per heavy atom. The molecule has 1 aliphatic heterocycles. The van der Waals surface area contributed by atoms with Gasteiger partial charge in [-0.2, -0.15) is 0 Å². The van der Waals surface area contributed by atoms with Crippen LogP contribution in [0.4, 0.5) is 4.79 Å². The zero-order valence-corrected chi connectivity index (χ0v) is 15.0. The van der Waals surface area contributed by atoms with Crippen molar-refractivity contribution in [2.45, 2.75) is 32.5 Å². The molecule has 0 spiro atoms. The minimum Gasteiger partial charge on any atom is -0.336 e. The van der Waals surface area contributed by atoms with Gasteiger partial charge in [0.1, 0.15) is 0 Å². The third-order valence-electron chi connectivity index (χ3n) is 4.80. The summed E-state index contributed by atoms with van der Waals surface area (Å²) in [5.74, 6) is 0. The third-order valence-corrected chi connectivity index (χ3v) is 4.80. The van der Waals surface area contributed by atoms with Gasteiger partial charge in [-0.25, -0.2) is 4.79 Å². The second-order valence-corrected chi connectivity index (χ2v) is 6.70. The van der Waals surface area contributed by atoms with Crippen molar-refractivity contribution in [2.24, 2.45) is 0 Å². The number of hydrogen-bond acceptors (Lipinski definition) is 3. The largest absolute Gasteiger partial charge is 0.336 e. The molecule has 2 heterocycles. The van der Waals surface area contributed by atoms with Gasteiger partial charge in [0.2, 0.25) is 0 Å². The van der Waals surface area contributed by atoms with E-state index < -0.39 is 0 Å². The zero-order chi connectivity index (χ0) is 17.6. The molecular weight excluding hydrogens is 312 g/mol. The highest BCUT2D eigenvalue weighted by molar-refractivity contribution is 5.73. The number of benzene rings is 1. The number of carbonyl (C=O) groups excluding carboxylic acids is 1. The summed E-state index contributed by atoms with van der Waals surface area (Å²) in [7, 11) is 1.80. The van der Waals surface area contributed by atoms with Crippen LogP contribution < -0.4 is 5.32 Å². The van der Waals surface area contributed by atoms with E-state index in [1.807, 2.05) is 18.2 Å². The molecule has 5 heteroatoms. The molecule has 1 atom stereocenters. The van der Waals surface area contributed by atoms with Crippen LogP contribution in [-0.2, 0) is 19.5 Å². The van der Waals surface area contributed by atoms with Gasteiger partial charge in [0.25, 0.3) is 0 Å². The Balaban J connectivity index is 1.47. The molecule has 1 aromatic carbocycles. The lowest BCUT2D eigenvalue weighted by molar-refractivity contribution is 0.176. The fourth-order valence-electron chi connectivity index (χ4n) is 3.20. The highest BCUT2D eigenvalue weighted by atomic mass is 16.2. The third kappa shape index (κ3) is 4.57. The lowest BCUT2D eigenvalue weighted by Crippen LogP contribution is -2.46. The molecule has 2 aromatic rings. The molecule has 1 N–H and O–H groups in total. The number of amides is 2. The summed E-state index contributed by atoms with van der Waals surface area (Å²) >= 11 is 0. The average Bonchev–Trinajstić information content (AvgIpc) is 2.66. The van der Waals surface area contributed by atoms with Gasteiger partial charge in [-0.3, -0.25) is 9.88 Å². The van der Waals surface area contributed by atoms with Crippen LogP contribution in [0.15, 0.2) is 48.7 Å². The quantitative estimate of drug-likeness (QED) is 0.912. The summed E-state index contributed by atoms with van der Waals surface area (Å²) in [5.41, 5.74) is 3.74. The SMILES string of the molecule is CC(CNC(=O)N(C)Cc1ccccn1)N1CCc2ccccc2C1. The first kappa shape index (κ1) is 17.4. The van der Waals surface area contributed by atoms with Gasteiger partial charge in [0.05, 0.1) is 12.2 Å². The highest BCUT2D eigenvalue weighted by Crippen LogP contribution is 2.19. The lowest BCUT2D eigenvalue weighted by atomic mass is 9.99. The Hall–Kier alpha value is -2.40. The molecule has 1 aromatic heterocycles. The Bertz CT molecular complexity index is 704. The molecule has 3 rings (SSSR count). The van der Waals surface area contributed by atoms with Gasteiger partial charge < -0.3 is 10.2 Å². The number of nitrogens with zero attached hydrogens (tertiary/aromatic N) is 3. The molecular formula is C20H26N4O. The molecule has 5 nitrogen and oxygen atoms in total. The normalized spacial score (nSPS) is 15.3. The summed E-state index contributed by atoms with van der Waals surface area (Å²) in [6.07, 6.45) is 2.82. The van der Waals surface area contributed by atoms with E-state index in [0.29, 0.717) is 19.1 Å². The first-order valence-electron chi connectivity index (χ1n) is 8.83. The van der Waals surface area contributed by atoms with Gasteiger partial charge in [-0.1, -0.05) is 30.3 Å². The summed E-state index contributed by atoms with van der Waals surface area (Å²) < 4.78 is 0. The van der Waals surface area contributed by atoms with Crippen LogP contribution in [0.25, 0.3) is 0 Å². The number of hydrogen-bond donors (Lipinski definition) is 1. The van der Waals surface area contributed by atoms with Crippen molar-refractivity contribution < 1.29 is 4.79 Å². The van der Waals surface area contributed by atoms with Crippen LogP contribution in [0, 0.1) is 0 Å². The predicted octanol–water partition coefficient (Wildman–Crippen LogP) is 2.67. The molecule has 25 heavy (non-hydrogen) atoms.